The van der Waals surface area contributed by atoms with Crippen molar-refractivity contribution in [2.75, 3.05) is 19.7 Å². The first kappa shape index (κ1) is 13.6. The van der Waals surface area contributed by atoms with E-state index in [1.165, 1.54) is 0 Å². The number of nitrogens with one attached hydrogen (secondary N) is 1. The number of amides is 1. The summed E-state index contributed by atoms with van der Waals surface area (Å²) in [4.78, 5) is 14.1. The predicted molar refractivity (Wildman–Crippen MR) is 72.3 cm³/mol. The van der Waals surface area contributed by atoms with Crippen molar-refractivity contribution in [3.05, 3.63) is 18.0 Å². The fourth-order valence-corrected chi connectivity index (χ4v) is 3.31. The Labute approximate surface area is 118 Å². The SMILES string of the molecule is CC1(O)CCOC2(CCN(C(=O)c3cn[nH]c3)CC2)C1. The lowest BCUT2D eigenvalue weighted by Crippen LogP contribution is -2.54. The minimum absolute atomic E-state index is 0.0103. The Hall–Kier alpha value is -1.40. The molecule has 0 bridgehead atoms. The highest BCUT2D eigenvalue weighted by molar-refractivity contribution is 5.93. The van der Waals surface area contributed by atoms with Crippen LogP contribution in [0, 0.1) is 0 Å². The van der Waals surface area contributed by atoms with E-state index in [4.69, 9.17) is 4.74 Å². The van der Waals surface area contributed by atoms with Gasteiger partial charge in [-0.25, -0.2) is 0 Å². The van der Waals surface area contributed by atoms with E-state index in [-0.39, 0.29) is 11.5 Å². The normalized spacial score (nSPS) is 29.6. The van der Waals surface area contributed by atoms with E-state index < -0.39 is 5.60 Å². The van der Waals surface area contributed by atoms with Gasteiger partial charge in [0, 0.05) is 25.7 Å². The van der Waals surface area contributed by atoms with E-state index >= 15 is 0 Å². The van der Waals surface area contributed by atoms with Gasteiger partial charge in [-0.05, 0) is 26.2 Å². The molecule has 3 rings (SSSR count). The van der Waals surface area contributed by atoms with Crippen molar-refractivity contribution in [3.8, 4) is 0 Å². The third-order valence-electron chi connectivity index (χ3n) is 4.46. The van der Waals surface area contributed by atoms with Crippen molar-refractivity contribution < 1.29 is 14.6 Å². The number of rotatable bonds is 1. The molecule has 1 amide bonds. The standard InChI is InChI=1S/C14H21N3O3/c1-13(19)4-7-20-14(10-13)2-5-17(6-3-14)12(18)11-8-15-16-9-11/h8-9,19H,2-7,10H2,1H3,(H,15,16). The molecule has 0 aliphatic carbocycles. The molecule has 3 heterocycles. The zero-order chi connectivity index (χ0) is 14.2. The van der Waals surface area contributed by atoms with Crippen LogP contribution >= 0.6 is 0 Å². The van der Waals surface area contributed by atoms with Gasteiger partial charge in [-0.1, -0.05) is 0 Å². The zero-order valence-electron chi connectivity index (χ0n) is 11.8. The summed E-state index contributed by atoms with van der Waals surface area (Å²) in [5.41, 5.74) is -0.304. The number of nitrogens with zero attached hydrogens (tertiary/aromatic N) is 2. The highest BCUT2D eigenvalue weighted by Crippen LogP contribution is 2.39. The van der Waals surface area contributed by atoms with Crippen LogP contribution in [0.5, 0.6) is 0 Å². The Kier molecular flexibility index (Phi) is 3.30. The Morgan fingerprint density at radius 2 is 2.20 bits per heavy atom. The second-order valence-corrected chi connectivity index (χ2v) is 6.23. The molecule has 110 valence electrons. The Morgan fingerprint density at radius 1 is 1.45 bits per heavy atom. The van der Waals surface area contributed by atoms with Gasteiger partial charge in [-0.2, -0.15) is 5.10 Å². The quantitative estimate of drug-likeness (QED) is 0.802. The fourth-order valence-electron chi connectivity index (χ4n) is 3.31. The molecule has 1 atom stereocenters. The number of hydrogen-bond donors (Lipinski definition) is 2. The summed E-state index contributed by atoms with van der Waals surface area (Å²) in [6, 6.07) is 0. The molecule has 0 radical (unpaired) electrons. The topological polar surface area (TPSA) is 78.5 Å². The smallest absolute Gasteiger partial charge is 0.257 e. The fraction of sp³-hybridized carbons (Fsp3) is 0.714. The average molecular weight is 279 g/mol. The first-order valence-electron chi connectivity index (χ1n) is 7.14. The van der Waals surface area contributed by atoms with Crippen LogP contribution in [0.25, 0.3) is 0 Å². The van der Waals surface area contributed by atoms with Crippen LogP contribution in [-0.2, 0) is 4.74 Å². The minimum atomic E-state index is -0.644. The maximum absolute atomic E-state index is 12.2. The molecular formula is C14H21N3O3. The van der Waals surface area contributed by atoms with Crippen LogP contribution < -0.4 is 0 Å². The third kappa shape index (κ3) is 2.58. The number of aromatic amines is 1. The van der Waals surface area contributed by atoms with Crippen LogP contribution in [-0.4, -0.2) is 57.0 Å². The van der Waals surface area contributed by atoms with Gasteiger partial charge in [0.25, 0.3) is 5.91 Å². The number of ether oxygens (including phenoxy) is 1. The van der Waals surface area contributed by atoms with E-state index in [1.54, 1.807) is 12.4 Å². The van der Waals surface area contributed by atoms with Crippen molar-refractivity contribution >= 4 is 5.91 Å². The molecule has 0 aromatic carbocycles. The van der Waals surface area contributed by atoms with Gasteiger partial charge in [0.2, 0.25) is 0 Å². The highest BCUT2D eigenvalue weighted by Gasteiger charge is 2.44. The molecule has 0 saturated carbocycles. The number of aromatic nitrogens is 2. The van der Waals surface area contributed by atoms with Crippen molar-refractivity contribution in [3.63, 3.8) is 0 Å². The molecular weight excluding hydrogens is 258 g/mol. The van der Waals surface area contributed by atoms with Gasteiger partial charge < -0.3 is 14.7 Å². The van der Waals surface area contributed by atoms with Crippen molar-refractivity contribution in [1.29, 1.82) is 0 Å². The van der Waals surface area contributed by atoms with E-state index in [9.17, 15) is 9.90 Å². The molecule has 2 N–H and O–H groups in total. The Morgan fingerprint density at radius 3 is 2.80 bits per heavy atom. The second kappa shape index (κ2) is 4.86. The molecule has 2 fully saturated rings. The number of H-pyrrole nitrogens is 1. The van der Waals surface area contributed by atoms with Crippen LogP contribution in [0.2, 0.25) is 0 Å². The van der Waals surface area contributed by atoms with Gasteiger partial charge in [0.05, 0.1) is 29.6 Å². The van der Waals surface area contributed by atoms with Crippen LogP contribution in [0.3, 0.4) is 0 Å². The number of likely N-dealkylation sites (tertiary alicyclic amines) is 1. The molecule has 6 nitrogen and oxygen atoms in total. The maximum Gasteiger partial charge on any atom is 0.257 e. The summed E-state index contributed by atoms with van der Waals surface area (Å²) in [5, 5.41) is 16.7. The number of carbonyl (C=O) groups excluding carboxylic acids is 1. The van der Waals surface area contributed by atoms with Crippen LogP contribution in [0.15, 0.2) is 12.4 Å². The Balaban J connectivity index is 1.63. The maximum atomic E-state index is 12.2. The minimum Gasteiger partial charge on any atom is -0.390 e. The van der Waals surface area contributed by atoms with Gasteiger partial charge in [0.15, 0.2) is 0 Å². The Bertz CT molecular complexity index is 476. The highest BCUT2D eigenvalue weighted by atomic mass is 16.5. The van der Waals surface area contributed by atoms with Gasteiger partial charge in [-0.15, -0.1) is 0 Å². The van der Waals surface area contributed by atoms with E-state index in [0.29, 0.717) is 38.1 Å². The summed E-state index contributed by atoms with van der Waals surface area (Å²) < 4.78 is 5.94. The average Bonchev–Trinajstić information content (AvgIpc) is 2.91. The molecule has 1 spiro atoms. The van der Waals surface area contributed by atoms with Gasteiger partial charge in [-0.3, -0.25) is 9.89 Å². The van der Waals surface area contributed by atoms with Crippen molar-refractivity contribution in [2.24, 2.45) is 0 Å². The number of aliphatic hydroxyl groups is 1. The lowest BCUT2D eigenvalue weighted by atomic mass is 9.78. The van der Waals surface area contributed by atoms with Crippen molar-refractivity contribution in [2.45, 2.75) is 43.8 Å². The van der Waals surface area contributed by atoms with E-state index in [0.717, 1.165) is 12.8 Å². The molecule has 2 aliphatic rings. The third-order valence-corrected chi connectivity index (χ3v) is 4.46. The first-order chi connectivity index (χ1) is 9.50. The summed E-state index contributed by atoms with van der Waals surface area (Å²) in [6.45, 7) is 3.81. The molecule has 20 heavy (non-hydrogen) atoms. The molecule has 2 aliphatic heterocycles. The lowest BCUT2D eigenvalue weighted by molar-refractivity contribution is -0.170. The lowest BCUT2D eigenvalue weighted by Gasteiger charge is -2.48. The van der Waals surface area contributed by atoms with E-state index in [2.05, 4.69) is 10.2 Å². The molecule has 2 saturated heterocycles. The monoisotopic (exact) mass is 279 g/mol. The molecule has 1 unspecified atom stereocenters. The summed E-state index contributed by atoms with van der Waals surface area (Å²) in [6.07, 6.45) is 6.09. The predicted octanol–water partition coefficient (Wildman–Crippen LogP) is 0.946. The number of hydrogen-bond acceptors (Lipinski definition) is 4. The summed E-state index contributed by atoms with van der Waals surface area (Å²) >= 11 is 0. The first-order valence-corrected chi connectivity index (χ1v) is 7.14. The number of carbonyl (C=O) groups is 1. The van der Waals surface area contributed by atoms with Crippen molar-refractivity contribution in [1.82, 2.24) is 15.1 Å². The number of piperidine rings is 1. The largest absolute Gasteiger partial charge is 0.390 e. The molecule has 1 aromatic heterocycles. The van der Waals surface area contributed by atoms with Crippen LogP contribution in [0.4, 0.5) is 0 Å². The van der Waals surface area contributed by atoms with Crippen LogP contribution in [0.1, 0.15) is 43.0 Å². The molecule has 1 aromatic rings. The van der Waals surface area contributed by atoms with Gasteiger partial charge >= 0.3 is 0 Å². The molecule has 6 heteroatoms. The summed E-state index contributed by atoms with van der Waals surface area (Å²) in [7, 11) is 0. The van der Waals surface area contributed by atoms with Gasteiger partial charge in [0.1, 0.15) is 0 Å². The second-order valence-electron chi connectivity index (χ2n) is 6.23. The summed E-state index contributed by atoms with van der Waals surface area (Å²) in [5.74, 6) is 0.0103. The zero-order valence-corrected chi connectivity index (χ0v) is 11.8. The van der Waals surface area contributed by atoms with E-state index in [1.807, 2.05) is 11.8 Å².